The van der Waals surface area contributed by atoms with Gasteiger partial charge >= 0.3 is 5.97 Å². The molecule has 3 rings (SSSR count). The summed E-state index contributed by atoms with van der Waals surface area (Å²) in [5.74, 6) is -1.29. The SMILES string of the molecule is Cc1cc(C)c([N+](=O)[O-])cc1C(=O)N1CCc2ccc(C(=O)O)cc2C1. The van der Waals surface area contributed by atoms with E-state index in [1.54, 1.807) is 43.0 Å². The number of benzene rings is 2. The van der Waals surface area contributed by atoms with Crippen LogP contribution in [0.1, 0.15) is 43.0 Å². The first kappa shape index (κ1) is 17.6. The van der Waals surface area contributed by atoms with Gasteiger partial charge in [0.05, 0.1) is 10.5 Å². The van der Waals surface area contributed by atoms with Crippen LogP contribution in [0, 0.1) is 24.0 Å². The molecule has 0 spiro atoms. The summed E-state index contributed by atoms with van der Waals surface area (Å²) >= 11 is 0. The molecule has 1 aliphatic rings. The number of aryl methyl sites for hydroxylation is 2. The van der Waals surface area contributed by atoms with E-state index >= 15 is 0 Å². The van der Waals surface area contributed by atoms with Gasteiger partial charge in [-0.15, -0.1) is 0 Å². The summed E-state index contributed by atoms with van der Waals surface area (Å²) in [6.45, 7) is 4.17. The summed E-state index contributed by atoms with van der Waals surface area (Å²) in [5, 5.41) is 20.3. The number of hydrogen-bond donors (Lipinski definition) is 1. The molecular weight excluding hydrogens is 336 g/mol. The lowest BCUT2D eigenvalue weighted by atomic mass is 9.96. The van der Waals surface area contributed by atoms with Gasteiger partial charge in [-0.1, -0.05) is 6.07 Å². The molecule has 2 aromatic carbocycles. The third-order valence-corrected chi connectivity index (χ3v) is 4.72. The molecule has 0 aromatic heterocycles. The number of carboxylic acid groups (broad SMARTS) is 1. The largest absolute Gasteiger partial charge is 0.478 e. The second-order valence-corrected chi connectivity index (χ2v) is 6.48. The fraction of sp³-hybridized carbons (Fsp3) is 0.263. The molecule has 0 aliphatic carbocycles. The lowest BCUT2D eigenvalue weighted by Crippen LogP contribution is -2.36. The molecule has 0 saturated carbocycles. The van der Waals surface area contributed by atoms with Crippen LogP contribution in [-0.2, 0) is 13.0 Å². The van der Waals surface area contributed by atoms with Crippen molar-refractivity contribution < 1.29 is 19.6 Å². The van der Waals surface area contributed by atoms with Crippen LogP contribution in [0.4, 0.5) is 5.69 Å². The van der Waals surface area contributed by atoms with Crippen LogP contribution in [0.25, 0.3) is 0 Å². The number of amides is 1. The maximum atomic E-state index is 12.9. The minimum Gasteiger partial charge on any atom is -0.478 e. The second-order valence-electron chi connectivity index (χ2n) is 6.48. The fourth-order valence-electron chi connectivity index (χ4n) is 3.30. The summed E-state index contributed by atoms with van der Waals surface area (Å²) in [5.41, 5.74) is 3.42. The number of nitrogens with zero attached hydrogens (tertiary/aromatic N) is 2. The Morgan fingerprint density at radius 2 is 1.85 bits per heavy atom. The minimum atomic E-state index is -1.01. The average molecular weight is 354 g/mol. The van der Waals surface area contributed by atoms with Crippen molar-refractivity contribution in [2.24, 2.45) is 0 Å². The first-order valence-electron chi connectivity index (χ1n) is 8.18. The number of carbonyl (C=O) groups is 2. The lowest BCUT2D eigenvalue weighted by Gasteiger charge is -2.29. The van der Waals surface area contributed by atoms with E-state index in [1.807, 2.05) is 0 Å². The van der Waals surface area contributed by atoms with Crippen molar-refractivity contribution in [1.82, 2.24) is 4.90 Å². The summed E-state index contributed by atoms with van der Waals surface area (Å²) in [4.78, 5) is 36.4. The number of rotatable bonds is 3. The predicted molar refractivity (Wildman–Crippen MR) is 94.4 cm³/mol. The van der Waals surface area contributed by atoms with E-state index in [2.05, 4.69) is 0 Å². The molecule has 1 amide bonds. The molecule has 26 heavy (non-hydrogen) atoms. The summed E-state index contributed by atoms with van der Waals surface area (Å²) in [6, 6.07) is 7.90. The summed E-state index contributed by atoms with van der Waals surface area (Å²) < 4.78 is 0. The van der Waals surface area contributed by atoms with Gasteiger partial charge in [0.1, 0.15) is 0 Å². The average Bonchev–Trinajstić information content (AvgIpc) is 2.59. The van der Waals surface area contributed by atoms with Crippen molar-refractivity contribution in [3.05, 3.63) is 73.8 Å². The van der Waals surface area contributed by atoms with Crippen LogP contribution in [0.15, 0.2) is 30.3 Å². The van der Waals surface area contributed by atoms with Crippen molar-refractivity contribution >= 4 is 17.6 Å². The van der Waals surface area contributed by atoms with Crippen molar-refractivity contribution in [3.8, 4) is 0 Å². The zero-order chi connectivity index (χ0) is 19.0. The zero-order valence-electron chi connectivity index (χ0n) is 14.5. The number of hydrogen-bond acceptors (Lipinski definition) is 4. The van der Waals surface area contributed by atoms with E-state index < -0.39 is 10.9 Å². The van der Waals surface area contributed by atoms with Gasteiger partial charge in [0, 0.05) is 30.3 Å². The third-order valence-electron chi connectivity index (χ3n) is 4.72. The van der Waals surface area contributed by atoms with Gasteiger partial charge in [-0.2, -0.15) is 0 Å². The Kier molecular flexibility index (Phi) is 4.46. The number of carbonyl (C=O) groups excluding carboxylic acids is 1. The van der Waals surface area contributed by atoms with Crippen LogP contribution >= 0.6 is 0 Å². The molecule has 1 aliphatic heterocycles. The van der Waals surface area contributed by atoms with Gasteiger partial charge in [-0.3, -0.25) is 14.9 Å². The van der Waals surface area contributed by atoms with E-state index in [9.17, 15) is 19.7 Å². The van der Waals surface area contributed by atoms with Crippen LogP contribution < -0.4 is 0 Å². The Morgan fingerprint density at radius 3 is 2.50 bits per heavy atom. The van der Waals surface area contributed by atoms with E-state index in [0.29, 0.717) is 29.7 Å². The normalized spacial score (nSPS) is 13.2. The van der Waals surface area contributed by atoms with Crippen LogP contribution in [0.3, 0.4) is 0 Å². The first-order chi connectivity index (χ1) is 12.3. The molecule has 2 aromatic rings. The molecule has 1 N–H and O–H groups in total. The van der Waals surface area contributed by atoms with Crippen molar-refractivity contribution in [2.45, 2.75) is 26.8 Å². The van der Waals surface area contributed by atoms with Crippen LogP contribution in [-0.4, -0.2) is 33.4 Å². The number of nitro benzene ring substituents is 1. The van der Waals surface area contributed by atoms with E-state index in [-0.39, 0.29) is 23.7 Å². The molecule has 7 nitrogen and oxygen atoms in total. The molecule has 0 fully saturated rings. The molecule has 1 heterocycles. The first-order valence-corrected chi connectivity index (χ1v) is 8.18. The zero-order valence-corrected chi connectivity index (χ0v) is 14.5. The molecule has 0 unspecified atom stereocenters. The Balaban J connectivity index is 1.92. The predicted octanol–water partition coefficient (Wildman–Crippen LogP) is 3.11. The molecule has 0 atom stereocenters. The van der Waals surface area contributed by atoms with Crippen molar-refractivity contribution in [1.29, 1.82) is 0 Å². The molecule has 0 saturated heterocycles. The Bertz CT molecular complexity index is 936. The molecule has 134 valence electrons. The highest BCUT2D eigenvalue weighted by atomic mass is 16.6. The monoisotopic (exact) mass is 354 g/mol. The van der Waals surface area contributed by atoms with Gasteiger partial charge in [0.25, 0.3) is 11.6 Å². The summed E-state index contributed by atoms with van der Waals surface area (Å²) in [6.07, 6.45) is 0.619. The number of fused-ring (bicyclic) bond motifs is 1. The lowest BCUT2D eigenvalue weighted by molar-refractivity contribution is -0.385. The maximum absolute atomic E-state index is 12.9. The van der Waals surface area contributed by atoms with Gasteiger partial charge in [0.15, 0.2) is 0 Å². The maximum Gasteiger partial charge on any atom is 0.335 e. The summed E-state index contributed by atoms with van der Waals surface area (Å²) in [7, 11) is 0. The Labute approximate surface area is 150 Å². The fourth-order valence-corrected chi connectivity index (χ4v) is 3.30. The highest BCUT2D eigenvalue weighted by Crippen LogP contribution is 2.26. The van der Waals surface area contributed by atoms with E-state index in [4.69, 9.17) is 5.11 Å². The van der Waals surface area contributed by atoms with Crippen LogP contribution in [0.2, 0.25) is 0 Å². The van der Waals surface area contributed by atoms with Gasteiger partial charge in [0.2, 0.25) is 0 Å². The molecule has 0 bridgehead atoms. The van der Waals surface area contributed by atoms with Gasteiger partial charge in [-0.25, -0.2) is 4.79 Å². The molecule has 0 radical (unpaired) electrons. The highest BCUT2D eigenvalue weighted by molar-refractivity contribution is 5.96. The second kappa shape index (κ2) is 6.59. The molecular formula is C19H18N2O5. The quantitative estimate of drug-likeness (QED) is 0.674. The Morgan fingerprint density at radius 1 is 1.12 bits per heavy atom. The van der Waals surface area contributed by atoms with Gasteiger partial charge < -0.3 is 10.0 Å². The van der Waals surface area contributed by atoms with Crippen molar-refractivity contribution in [3.63, 3.8) is 0 Å². The van der Waals surface area contributed by atoms with E-state index in [1.165, 1.54) is 6.07 Å². The minimum absolute atomic E-state index is 0.0791. The third kappa shape index (κ3) is 3.15. The standard InChI is InChI=1S/C19H18N2O5/c1-11-7-12(2)17(21(25)26)9-16(11)18(22)20-6-5-13-3-4-14(19(23)24)8-15(13)10-20/h3-4,7-9H,5-6,10H2,1-2H3,(H,23,24). The number of aromatic carboxylic acids is 1. The number of nitro groups is 1. The topological polar surface area (TPSA) is 101 Å². The Hall–Kier alpha value is -3.22. The van der Waals surface area contributed by atoms with E-state index in [0.717, 1.165) is 11.1 Å². The smallest absolute Gasteiger partial charge is 0.335 e. The van der Waals surface area contributed by atoms with Gasteiger partial charge in [-0.05, 0) is 55.2 Å². The number of carboxylic acids is 1. The van der Waals surface area contributed by atoms with Crippen molar-refractivity contribution in [2.75, 3.05) is 6.54 Å². The molecule has 7 heteroatoms. The highest BCUT2D eigenvalue weighted by Gasteiger charge is 2.26. The van der Waals surface area contributed by atoms with Crippen LogP contribution in [0.5, 0.6) is 0 Å².